The van der Waals surface area contributed by atoms with Gasteiger partial charge >= 0.3 is 5.97 Å². The smallest absolute Gasteiger partial charge is 0.338 e. The van der Waals surface area contributed by atoms with Gasteiger partial charge in [0.1, 0.15) is 17.8 Å². The molecule has 0 radical (unpaired) electrons. The van der Waals surface area contributed by atoms with Crippen LogP contribution in [0.3, 0.4) is 0 Å². The van der Waals surface area contributed by atoms with E-state index < -0.39 is 11.8 Å². The lowest BCUT2D eigenvalue weighted by atomic mass is 10.2. The number of pyridine rings is 1. The van der Waals surface area contributed by atoms with E-state index >= 15 is 0 Å². The van der Waals surface area contributed by atoms with Crippen LogP contribution in [0, 0.1) is 5.82 Å². The number of carboxylic acid groups (broad SMARTS) is 1. The van der Waals surface area contributed by atoms with Crippen LogP contribution < -0.4 is 4.90 Å². The summed E-state index contributed by atoms with van der Waals surface area (Å²) in [7, 11) is 3.11. The van der Waals surface area contributed by atoms with Crippen LogP contribution in [-0.2, 0) is 9.47 Å². The highest BCUT2D eigenvalue weighted by Crippen LogP contribution is 2.25. The quantitative estimate of drug-likeness (QED) is 0.871. The Kier molecular flexibility index (Phi) is 3.96. The fourth-order valence-corrected chi connectivity index (χ4v) is 2.19. The normalized spacial score (nSPS) is 22.8. The van der Waals surface area contributed by atoms with Crippen molar-refractivity contribution in [3.63, 3.8) is 0 Å². The van der Waals surface area contributed by atoms with Crippen LogP contribution >= 0.6 is 0 Å². The molecule has 19 heavy (non-hydrogen) atoms. The molecular weight excluding hydrogens is 255 g/mol. The summed E-state index contributed by atoms with van der Waals surface area (Å²) < 4.78 is 24.6. The number of hydrogen-bond acceptors (Lipinski definition) is 5. The van der Waals surface area contributed by atoms with Crippen LogP contribution in [0.15, 0.2) is 12.3 Å². The van der Waals surface area contributed by atoms with Crippen molar-refractivity contribution in [1.82, 2.24) is 4.98 Å². The predicted octanol–water partition coefficient (Wildman–Crippen LogP) is 0.769. The minimum absolute atomic E-state index is 0.0153. The number of aromatic nitrogens is 1. The number of aromatic carboxylic acids is 1. The van der Waals surface area contributed by atoms with Gasteiger partial charge in [0.05, 0.1) is 0 Å². The van der Waals surface area contributed by atoms with Crippen LogP contribution in [0.2, 0.25) is 0 Å². The molecular formula is C12H15FN2O4. The highest BCUT2D eigenvalue weighted by molar-refractivity contribution is 5.88. The lowest BCUT2D eigenvalue weighted by molar-refractivity contribution is -0.00461. The standard InChI is InChI=1S/C12H15FN2O4/c1-18-8-5-15(6-9(8)19-2)11-10(13)7(12(16)17)3-4-14-11/h3-4,8-9H,5-6H2,1-2H3,(H,16,17). The molecule has 0 saturated carbocycles. The Morgan fingerprint density at radius 1 is 1.42 bits per heavy atom. The number of rotatable bonds is 4. The maximum absolute atomic E-state index is 14.1. The van der Waals surface area contributed by atoms with Crippen molar-refractivity contribution in [2.24, 2.45) is 0 Å². The molecule has 1 saturated heterocycles. The van der Waals surface area contributed by atoms with Gasteiger partial charge in [-0.3, -0.25) is 0 Å². The van der Waals surface area contributed by atoms with Gasteiger partial charge in [0.2, 0.25) is 0 Å². The van der Waals surface area contributed by atoms with Crippen molar-refractivity contribution < 1.29 is 23.8 Å². The molecule has 1 aromatic heterocycles. The van der Waals surface area contributed by atoms with E-state index in [1.165, 1.54) is 6.20 Å². The van der Waals surface area contributed by atoms with Gasteiger partial charge in [-0.1, -0.05) is 0 Å². The molecule has 2 rings (SSSR count). The molecule has 2 heterocycles. The van der Waals surface area contributed by atoms with E-state index in [2.05, 4.69) is 4.98 Å². The first kappa shape index (κ1) is 13.7. The molecule has 2 unspecified atom stereocenters. The van der Waals surface area contributed by atoms with Gasteiger partial charge in [-0.15, -0.1) is 0 Å². The van der Waals surface area contributed by atoms with Gasteiger partial charge in [-0.25, -0.2) is 14.2 Å². The fraction of sp³-hybridized carbons (Fsp3) is 0.500. The van der Waals surface area contributed by atoms with E-state index in [9.17, 15) is 9.18 Å². The Hall–Kier alpha value is -1.73. The third-order valence-corrected chi connectivity index (χ3v) is 3.22. The molecule has 0 spiro atoms. The van der Waals surface area contributed by atoms with Crippen LogP contribution in [-0.4, -0.2) is 55.6 Å². The molecule has 6 nitrogen and oxygen atoms in total. The second kappa shape index (κ2) is 5.50. The van der Waals surface area contributed by atoms with Gasteiger partial charge in [0, 0.05) is 33.5 Å². The van der Waals surface area contributed by atoms with E-state index in [1.54, 1.807) is 19.1 Å². The monoisotopic (exact) mass is 270 g/mol. The fourth-order valence-electron chi connectivity index (χ4n) is 2.19. The first-order valence-electron chi connectivity index (χ1n) is 5.76. The molecule has 1 aliphatic rings. The summed E-state index contributed by atoms with van der Waals surface area (Å²) >= 11 is 0. The van der Waals surface area contributed by atoms with Crippen LogP contribution in [0.1, 0.15) is 10.4 Å². The first-order valence-corrected chi connectivity index (χ1v) is 5.76. The van der Waals surface area contributed by atoms with Crippen molar-refractivity contribution in [2.45, 2.75) is 12.2 Å². The first-order chi connectivity index (χ1) is 9.08. The third-order valence-electron chi connectivity index (χ3n) is 3.22. The molecule has 0 aromatic carbocycles. The largest absolute Gasteiger partial charge is 0.478 e. The predicted molar refractivity (Wildman–Crippen MR) is 65.0 cm³/mol. The zero-order chi connectivity index (χ0) is 14.0. The van der Waals surface area contributed by atoms with E-state index in [1.807, 2.05) is 0 Å². The Morgan fingerprint density at radius 3 is 2.47 bits per heavy atom. The number of anilines is 1. The second-order valence-electron chi connectivity index (χ2n) is 4.25. The van der Waals surface area contributed by atoms with Crippen molar-refractivity contribution >= 4 is 11.8 Å². The molecule has 0 amide bonds. The number of halogens is 1. The molecule has 104 valence electrons. The minimum atomic E-state index is -1.31. The van der Waals surface area contributed by atoms with Gasteiger partial charge in [0.25, 0.3) is 0 Å². The lowest BCUT2D eigenvalue weighted by Crippen LogP contribution is -2.27. The van der Waals surface area contributed by atoms with E-state index in [4.69, 9.17) is 14.6 Å². The van der Waals surface area contributed by atoms with Crippen molar-refractivity contribution in [1.29, 1.82) is 0 Å². The van der Waals surface area contributed by atoms with Crippen LogP contribution in [0.25, 0.3) is 0 Å². The summed E-state index contributed by atoms with van der Waals surface area (Å²) in [5, 5.41) is 8.89. The average molecular weight is 270 g/mol. The van der Waals surface area contributed by atoms with Gasteiger partial charge in [-0.05, 0) is 6.07 Å². The zero-order valence-corrected chi connectivity index (χ0v) is 10.7. The summed E-state index contributed by atoms with van der Waals surface area (Å²) in [6.45, 7) is 0.810. The van der Waals surface area contributed by atoms with Crippen molar-refractivity contribution in [3.05, 3.63) is 23.6 Å². The Morgan fingerprint density at radius 2 is 2.00 bits per heavy atom. The maximum Gasteiger partial charge on any atom is 0.338 e. The molecule has 7 heteroatoms. The summed E-state index contributed by atoms with van der Waals surface area (Å²) in [5.41, 5.74) is -0.389. The highest BCUT2D eigenvalue weighted by atomic mass is 19.1. The zero-order valence-electron chi connectivity index (χ0n) is 10.7. The number of carboxylic acids is 1. The minimum Gasteiger partial charge on any atom is -0.478 e. The summed E-state index contributed by atoms with van der Waals surface area (Å²) in [5.74, 6) is -2.13. The summed E-state index contributed by atoms with van der Waals surface area (Å²) in [6.07, 6.45) is 0.892. The summed E-state index contributed by atoms with van der Waals surface area (Å²) in [6, 6.07) is 1.14. The maximum atomic E-state index is 14.1. The Bertz CT molecular complexity index is 471. The topological polar surface area (TPSA) is 71.9 Å². The van der Waals surface area contributed by atoms with Gasteiger partial charge < -0.3 is 19.5 Å². The van der Waals surface area contributed by atoms with E-state index in [0.717, 1.165) is 6.07 Å². The lowest BCUT2D eigenvalue weighted by Gasteiger charge is -2.17. The molecule has 0 aliphatic carbocycles. The molecule has 2 atom stereocenters. The number of nitrogens with zero attached hydrogens (tertiary/aromatic N) is 2. The van der Waals surface area contributed by atoms with Gasteiger partial charge in [-0.2, -0.15) is 0 Å². The van der Waals surface area contributed by atoms with Crippen LogP contribution in [0.5, 0.6) is 0 Å². The Balaban J connectivity index is 2.29. The van der Waals surface area contributed by atoms with Crippen LogP contribution in [0.4, 0.5) is 10.2 Å². The van der Waals surface area contributed by atoms with Crippen molar-refractivity contribution in [2.75, 3.05) is 32.2 Å². The van der Waals surface area contributed by atoms with E-state index in [0.29, 0.717) is 13.1 Å². The molecule has 1 fully saturated rings. The molecule has 1 aromatic rings. The van der Waals surface area contributed by atoms with Gasteiger partial charge in [0.15, 0.2) is 11.6 Å². The number of ether oxygens (including phenoxy) is 2. The third kappa shape index (κ3) is 2.52. The number of hydrogen-bond donors (Lipinski definition) is 1. The number of methoxy groups -OCH3 is 2. The molecule has 1 N–H and O–H groups in total. The van der Waals surface area contributed by atoms with Crippen molar-refractivity contribution in [3.8, 4) is 0 Å². The average Bonchev–Trinajstić information content (AvgIpc) is 2.81. The number of carbonyl (C=O) groups is 1. The van der Waals surface area contributed by atoms with E-state index in [-0.39, 0.29) is 23.6 Å². The SMILES string of the molecule is COC1CN(c2nccc(C(=O)O)c2F)CC1OC. The highest BCUT2D eigenvalue weighted by Gasteiger charge is 2.35. The second-order valence-corrected chi connectivity index (χ2v) is 4.25. The summed E-state index contributed by atoms with van der Waals surface area (Å²) in [4.78, 5) is 16.4. The molecule has 1 aliphatic heterocycles. The Labute approximate surface area is 109 Å². The molecule has 0 bridgehead atoms.